The second kappa shape index (κ2) is 5.42. The molecule has 20 heavy (non-hydrogen) atoms. The molecule has 0 aromatic carbocycles. The summed E-state index contributed by atoms with van der Waals surface area (Å²) in [7, 11) is 1.92. The summed E-state index contributed by atoms with van der Waals surface area (Å²) in [6, 6.07) is 1.78. The normalized spacial score (nSPS) is 35.0. The minimum Gasteiger partial charge on any atom is -0.364 e. The van der Waals surface area contributed by atoms with Gasteiger partial charge in [0.05, 0.1) is 5.69 Å². The fourth-order valence-electron chi connectivity index (χ4n) is 2.63. The van der Waals surface area contributed by atoms with Gasteiger partial charge in [0.1, 0.15) is 6.61 Å². The van der Waals surface area contributed by atoms with Crippen LogP contribution >= 0.6 is 0 Å². The molecule has 0 amide bonds. The zero-order valence-electron chi connectivity index (χ0n) is 11.7. The van der Waals surface area contributed by atoms with Crippen LogP contribution in [-0.2, 0) is 20.8 Å². The van der Waals surface area contributed by atoms with Crippen LogP contribution in [0.15, 0.2) is 10.6 Å². The van der Waals surface area contributed by atoms with Gasteiger partial charge in [-0.25, -0.2) is 0 Å². The molecule has 112 valence electrons. The molecule has 3 rings (SSSR count). The minimum atomic E-state index is -1.10. The molecule has 0 saturated carbocycles. The van der Waals surface area contributed by atoms with Crippen molar-refractivity contribution in [2.45, 2.75) is 51.3 Å². The average Bonchev–Trinajstić information content (AvgIpc) is 2.96. The van der Waals surface area contributed by atoms with Crippen LogP contribution in [0.3, 0.4) is 0 Å². The van der Waals surface area contributed by atoms with Gasteiger partial charge in [-0.3, -0.25) is 4.90 Å². The number of likely N-dealkylation sites (tertiary alicyclic amines) is 1. The maximum atomic E-state index is 9.96. The van der Waals surface area contributed by atoms with Crippen molar-refractivity contribution in [1.82, 2.24) is 10.1 Å². The van der Waals surface area contributed by atoms with Crippen molar-refractivity contribution in [3.05, 3.63) is 17.5 Å². The molecule has 3 atom stereocenters. The third kappa shape index (κ3) is 2.59. The Morgan fingerprint density at radius 2 is 2.35 bits per heavy atom. The fraction of sp³-hybridized carbons (Fsp3) is 0.769. The molecule has 7 nitrogen and oxygen atoms in total. The van der Waals surface area contributed by atoms with Crippen LogP contribution in [0.25, 0.3) is 0 Å². The fourth-order valence-corrected chi connectivity index (χ4v) is 2.63. The summed E-state index contributed by atoms with van der Waals surface area (Å²) in [6.45, 7) is 2.90. The summed E-state index contributed by atoms with van der Waals surface area (Å²) in [5.74, 6) is -0.268. The first-order valence-corrected chi connectivity index (χ1v) is 6.88. The zero-order chi connectivity index (χ0) is 14.2. The van der Waals surface area contributed by atoms with E-state index in [0.29, 0.717) is 5.76 Å². The zero-order valence-corrected chi connectivity index (χ0v) is 11.7. The van der Waals surface area contributed by atoms with E-state index >= 15 is 0 Å². The van der Waals surface area contributed by atoms with Crippen LogP contribution in [0.4, 0.5) is 0 Å². The molecule has 1 aromatic heterocycles. The quantitative estimate of drug-likeness (QED) is 0.885. The molecule has 2 aliphatic rings. The SMILES string of the molecule is Cc1cc(COC2OC3(CCCCN3C)OC2O)on1. The number of ether oxygens (including phenoxy) is 3. The molecule has 1 N–H and O–H groups in total. The molecule has 2 saturated heterocycles. The van der Waals surface area contributed by atoms with Crippen LogP contribution in [0.2, 0.25) is 0 Å². The highest BCUT2D eigenvalue weighted by Gasteiger charge is 2.51. The van der Waals surface area contributed by atoms with Gasteiger partial charge < -0.3 is 23.8 Å². The van der Waals surface area contributed by atoms with Gasteiger partial charge in [0.25, 0.3) is 0 Å². The summed E-state index contributed by atoms with van der Waals surface area (Å²) in [4.78, 5) is 1.97. The number of aryl methyl sites for hydroxylation is 1. The number of aliphatic hydroxyl groups is 1. The average molecular weight is 284 g/mol. The summed E-state index contributed by atoms with van der Waals surface area (Å²) in [5, 5.41) is 13.7. The predicted molar refractivity (Wildman–Crippen MR) is 67.2 cm³/mol. The molecule has 7 heteroatoms. The maximum absolute atomic E-state index is 9.96. The minimum absolute atomic E-state index is 0.186. The third-order valence-corrected chi connectivity index (χ3v) is 3.72. The topological polar surface area (TPSA) is 77.2 Å². The van der Waals surface area contributed by atoms with Crippen molar-refractivity contribution < 1.29 is 23.8 Å². The molecule has 0 aliphatic carbocycles. The first-order valence-electron chi connectivity index (χ1n) is 6.88. The molecule has 2 fully saturated rings. The van der Waals surface area contributed by atoms with Crippen molar-refractivity contribution in [2.75, 3.05) is 13.6 Å². The Morgan fingerprint density at radius 3 is 3.05 bits per heavy atom. The lowest BCUT2D eigenvalue weighted by molar-refractivity contribution is -0.301. The number of piperidine rings is 1. The van der Waals surface area contributed by atoms with E-state index in [1.165, 1.54) is 0 Å². The van der Waals surface area contributed by atoms with E-state index in [1.807, 2.05) is 18.9 Å². The van der Waals surface area contributed by atoms with Crippen molar-refractivity contribution >= 4 is 0 Å². The van der Waals surface area contributed by atoms with E-state index in [2.05, 4.69) is 5.16 Å². The highest BCUT2D eigenvalue weighted by Crippen LogP contribution is 2.38. The molecule has 2 aliphatic heterocycles. The first-order chi connectivity index (χ1) is 9.59. The lowest BCUT2D eigenvalue weighted by Crippen LogP contribution is -2.51. The van der Waals surface area contributed by atoms with E-state index in [0.717, 1.165) is 31.5 Å². The van der Waals surface area contributed by atoms with Gasteiger partial charge in [0.15, 0.2) is 5.76 Å². The summed E-state index contributed by atoms with van der Waals surface area (Å²) in [6.07, 6.45) is 0.914. The Kier molecular flexibility index (Phi) is 3.78. The lowest BCUT2D eigenvalue weighted by Gasteiger charge is -2.39. The van der Waals surface area contributed by atoms with Crippen molar-refractivity contribution in [1.29, 1.82) is 0 Å². The molecule has 0 bridgehead atoms. The van der Waals surface area contributed by atoms with Crippen LogP contribution in [-0.4, -0.2) is 47.2 Å². The third-order valence-electron chi connectivity index (χ3n) is 3.72. The second-order valence-corrected chi connectivity index (χ2v) is 5.33. The van der Waals surface area contributed by atoms with Gasteiger partial charge in [-0.2, -0.15) is 0 Å². The highest BCUT2D eigenvalue weighted by atomic mass is 16.9. The molecular weight excluding hydrogens is 264 g/mol. The van der Waals surface area contributed by atoms with Crippen molar-refractivity contribution in [3.63, 3.8) is 0 Å². The van der Waals surface area contributed by atoms with Gasteiger partial charge in [-0.05, 0) is 26.8 Å². The van der Waals surface area contributed by atoms with Gasteiger partial charge in [0.2, 0.25) is 18.5 Å². The Labute approximate surface area is 117 Å². The van der Waals surface area contributed by atoms with Crippen LogP contribution in [0.5, 0.6) is 0 Å². The number of hydrogen-bond acceptors (Lipinski definition) is 7. The van der Waals surface area contributed by atoms with E-state index in [-0.39, 0.29) is 6.61 Å². The number of nitrogens with zero attached hydrogens (tertiary/aromatic N) is 2. The van der Waals surface area contributed by atoms with E-state index in [1.54, 1.807) is 6.07 Å². The second-order valence-electron chi connectivity index (χ2n) is 5.33. The molecule has 1 spiro atoms. The largest absolute Gasteiger partial charge is 0.364 e. The first kappa shape index (κ1) is 14.0. The van der Waals surface area contributed by atoms with Crippen molar-refractivity contribution in [2.24, 2.45) is 0 Å². The Balaban J connectivity index is 1.60. The molecule has 3 unspecified atom stereocenters. The van der Waals surface area contributed by atoms with Crippen LogP contribution < -0.4 is 0 Å². The molecule has 1 aromatic rings. The maximum Gasteiger partial charge on any atom is 0.234 e. The number of hydrogen-bond donors (Lipinski definition) is 1. The number of rotatable bonds is 3. The van der Waals surface area contributed by atoms with Crippen LogP contribution in [0.1, 0.15) is 30.7 Å². The lowest BCUT2D eigenvalue weighted by atomic mass is 10.1. The molecule has 0 radical (unpaired) electrons. The van der Waals surface area contributed by atoms with Gasteiger partial charge in [0, 0.05) is 19.0 Å². The molecule has 3 heterocycles. The Morgan fingerprint density at radius 1 is 1.50 bits per heavy atom. The van der Waals surface area contributed by atoms with E-state index in [4.69, 9.17) is 18.7 Å². The number of aliphatic hydroxyl groups excluding tert-OH is 1. The van der Waals surface area contributed by atoms with Gasteiger partial charge in [-0.15, -0.1) is 0 Å². The molecular formula is C13H20N2O5. The Hall–Kier alpha value is -0.990. The summed E-state index contributed by atoms with van der Waals surface area (Å²) < 4.78 is 22.0. The summed E-state index contributed by atoms with van der Waals surface area (Å²) >= 11 is 0. The monoisotopic (exact) mass is 284 g/mol. The van der Waals surface area contributed by atoms with Crippen LogP contribution in [0, 0.1) is 6.92 Å². The van der Waals surface area contributed by atoms with Crippen molar-refractivity contribution in [3.8, 4) is 0 Å². The number of aromatic nitrogens is 1. The Bertz CT molecular complexity index is 465. The van der Waals surface area contributed by atoms with E-state index < -0.39 is 18.5 Å². The summed E-state index contributed by atoms with van der Waals surface area (Å²) in [5.41, 5.74) is 0.788. The smallest absolute Gasteiger partial charge is 0.234 e. The highest BCUT2D eigenvalue weighted by molar-refractivity contribution is 5.01. The van der Waals surface area contributed by atoms with Gasteiger partial charge in [-0.1, -0.05) is 5.16 Å². The van der Waals surface area contributed by atoms with Gasteiger partial charge >= 0.3 is 0 Å². The predicted octanol–water partition coefficient (Wildman–Crippen LogP) is 0.960. The van der Waals surface area contributed by atoms with E-state index in [9.17, 15) is 5.11 Å². The standard InChI is InChI=1S/C13H20N2O5/c1-9-7-10(20-14-9)8-17-12-11(16)18-13(19-12)5-3-4-6-15(13)2/h7,11-12,16H,3-6,8H2,1-2H3.